The first kappa shape index (κ1) is 14.3. The van der Waals surface area contributed by atoms with Crippen molar-refractivity contribution in [2.75, 3.05) is 5.32 Å². The SMILES string of the molecule is CCc1cccc(C)c1NC(=O)c1ccc(F)c(C)c1. The molecule has 0 aliphatic rings. The predicted octanol–water partition coefficient (Wildman–Crippen LogP) is 4.26. The van der Waals surface area contributed by atoms with Crippen LogP contribution in [0.15, 0.2) is 36.4 Å². The van der Waals surface area contributed by atoms with Gasteiger partial charge in [0.1, 0.15) is 5.82 Å². The average Bonchev–Trinajstić information content (AvgIpc) is 2.44. The molecule has 0 bridgehead atoms. The molecule has 1 N–H and O–H groups in total. The number of nitrogens with one attached hydrogen (secondary N) is 1. The number of anilines is 1. The highest BCUT2D eigenvalue weighted by molar-refractivity contribution is 6.05. The second-order valence-electron chi connectivity index (χ2n) is 4.88. The minimum atomic E-state index is -0.299. The molecule has 0 aliphatic carbocycles. The van der Waals surface area contributed by atoms with Crippen molar-refractivity contribution >= 4 is 11.6 Å². The number of carbonyl (C=O) groups excluding carboxylic acids is 1. The summed E-state index contributed by atoms with van der Waals surface area (Å²) >= 11 is 0. The molecule has 104 valence electrons. The summed E-state index contributed by atoms with van der Waals surface area (Å²) in [5, 5.41) is 2.93. The van der Waals surface area contributed by atoms with Gasteiger partial charge >= 0.3 is 0 Å². The Kier molecular flexibility index (Phi) is 4.18. The summed E-state index contributed by atoms with van der Waals surface area (Å²) in [6.45, 7) is 5.66. The highest BCUT2D eigenvalue weighted by Crippen LogP contribution is 2.22. The molecule has 0 saturated heterocycles. The van der Waals surface area contributed by atoms with Crippen molar-refractivity contribution in [1.29, 1.82) is 0 Å². The van der Waals surface area contributed by atoms with E-state index >= 15 is 0 Å². The molecule has 0 aliphatic heterocycles. The quantitative estimate of drug-likeness (QED) is 0.888. The summed E-state index contributed by atoms with van der Waals surface area (Å²) in [7, 11) is 0. The van der Waals surface area contributed by atoms with Gasteiger partial charge in [-0.1, -0.05) is 25.1 Å². The highest BCUT2D eigenvalue weighted by atomic mass is 19.1. The molecular formula is C17H18FNO. The third-order valence-corrected chi connectivity index (χ3v) is 3.40. The summed E-state index contributed by atoms with van der Waals surface area (Å²) in [5.41, 5.74) is 3.91. The molecule has 2 rings (SSSR count). The Morgan fingerprint density at radius 1 is 1.15 bits per heavy atom. The summed E-state index contributed by atoms with van der Waals surface area (Å²) in [4.78, 5) is 12.3. The minimum Gasteiger partial charge on any atom is -0.321 e. The largest absolute Gasteiger partial charge is 0.321 e. The zero-order valence-electron chi connectivity index (χ0n) is 12.0. The summed E-state index contributed by atoms with van der Waals surface area (Å²) in [6.07, 6.45) is 0.847. The number of hydrogen-bond donors (Lipinski definition) is 1. The summed E-state index contributed by atoms with van der Waals surface area (Å²) in [5.74, 6) is -0.510. The third kappa shape index (κ3) is 2.87. The van der Waals surface area contributed by atoms with E-state index in [0.29, 0.717) is 11.1 Å². The van der Waals surface area contributed by atoms with Crippen molar-refractivity contribution in [3.63, 3.8) is 0 Å². The van der Waals surface area contributed by atoms with Crippen LogP contribution in [0.4, 0.5) is 10.1 Å². The van der Waals surface area contributed by atoms with E-state index in [4.69, 9.17) is 0 Å². The minimum absolute atomic E-state index is 0.211. The lowest BCUT2D eigenvalue weighted by Gasteiger charge is -2.13. The van der Waals surface area contributed by atoms with Crippen LogP contribution in [0.2, 0.25) is 0 Å². The molecule has 0 atom stereocenters. The molecular weight excluding hydrogens is 253 g/mol. The molecule has 0 aromatic heterocycles. The highest BCUT2D eigenvalue weighted by Gasteiger charge is 2.11. The molecule has 20 heavy (non-hydrogen) atoms. The van der Waals surface area contributed by atoms with Gasteiger partial charge in [-0.15, -0.1) is 0 Å². The number of hydrogen-bond acceptors (Lipinski definition) is 1. The first-order valence-corrected chi connectivity index (χ1v) is 6.69. The zero-order chi connectivity index (χ0) is 14.7. The van der Waals surface area contributed by atoms with Crippen molar-refractivity contribution in [1.82, 2.24) is 0 Å². The number of amides is 1. The van der Waals surface area contributed by atoms with Gasteiger partial charge in [0.15, 0.2) is 0 Å². The molecule has 0 fully saturated rings. The van der Waals surface area contributed by atoms with Crippen molar-refractivity contribution in [3.05, 3.63) is 64.5 Å². The lowest BCUT2D eigenvalue weighted by molar-refractivity contribution is 0.102. The van der Waals surface area contributed by atoms with E-state index in [1.807, 2.05) is 32.0 Å². The van der Waals surface area contributed by atoms with Gasteiger partial charge in [-0.25, -0.2) is 4.39 Å². The van der Waals surface area contributed by atoms with E-state index in [-0.39, 0.29) is 11.7 Å². The summed E-state index contributed by atoms with van der Waals surface area (Å²) in [6, 6.07) is 10.3. The number of para-hydroxylation sites is 1. The number of aryl methyl sites for hydroxylation is 3. The predicted molar refractivity (Wildman–Crippen MR) is 79.6 cm³/mol. The average molecular weight is 271 g/mol. The lowest BCUT2D eigenvalue weighted by atomic mass is 10.0. The van der Waals surface area contributed by atoms with Crippen LogP contribution in [0.5, 0.6) is 0 Å². The Balaban J connectivity index is 2.30. The second-order valence-corrected chi connectivity index (χ2v) is 4.88. The summed E-state index contributed by atoms with van der Waals surface area (Å²) < 4.78 is 13.2. The van der Waals surface area contributed by atoms with Crippen LogP contribution in [-0.2, 0) is 6.42 Å². The van der Waals surface area contributed by atoms with Crippen LogP contribution in [0.25, 0.3) is 0 Å². The van der Waals surface area contributed by atoms with Gasteiger partial charge in [-0.3, -0.25) is 4.79 Å². The van der Waals surface area contributed by atoms with Gasteiger partial charge in [0.2, 0.25) is 0 Å². The fourth-order valence-corrected chi connectivity index (χ4v) is 2.17. The van der Waals surface area contributed by atoms with Crippen LogP contribution in [0, 0.1) is 19.7 Å². The number of rotatable bonds is 3. The Morgan fingerprint density at radius 3 is 2.55 bits per heavy atom. The molecule has 0 saturated carbocycles. The lowest BCUT2D eigenvalue weighted by Crippen LogP contribution is -2.14. The van der Waals surface area contributed by atoms with Gasteiger partial charge in [0.25, 0.3) is 5.91 Å². The first-order valence-electron chi connectivity index (χ1n) is 6.69. The van der Waals surface area contributed by atoms with Gasteiger partial charge in [-0.2, -0.15) is 0 Å². The van der Waals surface area contributed by atoms with E-state index in [1.54, 1.807) is 13.0 Å². The topological polar surface area (TPSA) is 29.1 Å². The maximum atomic E-state index is 13.2. The smallest absolute Gasteiger partial charge is 0.255 e. The standard InChI is InChI=1S/C17H18FNO/c1-4-13-7-5-6-11(2)16(13)19-17(20)14-8-9-15(18)12(3)10-14/h5-10H,4H2,1-3H3,(H,19,20). The van der Waals surface area contributed by atoms with Crippen LogP contribution < -0.4 is 5.32 Å². The third-order valence-electron chi connectivity index (χ3n) is 3.40. The van der Waals surface area contributed by atoms with E-state index in [1.165, 1.54) is 12.1 Å². The van der Waals surface area contributed by atoms with E-state index in [9.17, 15) is 9.18 Å². The molecule has 0 unspecified atom stereocenters. The number of benzene rings is 2. The van der Waals surface area contributed by atoms with Crippen molar-refractivity contribution in [2.45, 2.75) is 27.2 Å². The molecule has 2 aromatic carbocycles. The number of halogens is 1. The van der Waals surface area contributed by atoms with Gasteiger partial charge < -0.3 is 5.32 Å². The van der Waals surface area contributed by atoms with E-state index < -0.39 is 0 Å². The molecule has 3 heteroatoms. The fourth-order valence-electron chi connectivity index (χ4n) is 2.17. The molecule has 1 amide bonds. The van der Waals surface area contributed by atoms with Crippen LogP contribution in [-0.4, -0.2) is 5.91 Å². The van der Waals surface area contributed by atoms with E-state index in [0.717, 1.165) is 23.2 Å². The van der Waals surface area contributed by atoms with Crippen LogP contribution in [0.1, 0.15) is 34.0 Å². The molecule has 0 spiro atoms. The maximum absolute atomic E-state index is 13.2. The molecule has 2 nitrogen and oxygen atoms in total. The van der Waals surface area contributed by atoms with Crippen molar-refractivity contribution in [3.8, 4) is 0 Å². The van der Waals surface area contributed by atoms with Gasteiger partial charge in [-0.05, 0) is 55.2 Å². The molecule has 2 aromatic rings. The monoisotopic (exact) mass is 271 g/mol. The maximum Gasteiger partial charge on any atom is 0.255 e. The van der Waals surface area contributed by atoms with Crippen LogP contribution >= 0.6 is 0 Å². The Bertz CT molecular complexity index is 649. The second kappa shape index (κ2) is 5.87. The Morgan fingerprint density at radius 2 is 1.90 bits per heavy atom. The molecule has 0 radical (unpaired) electrons. The Hall–Kier alpha value is -2.16. The van der Waals surface area contributed by atoms with E-state index in [2.05, 4.69) is 5.32 Å². The number of carbonyl (C=O) groups is 1. The Labute approximate surface area is 118 Å². The van der Waals surface area contributed by atoms with Gasteiger partial charge in [0, 0.05) is 11.3 Å². The normalized spacial score (nSPS) is 10.4. The van der Waals surface area contributed by atoms with Crippen molar-refractivity contribution < 1.29 is 9.18 Å². The fraction of sp³-hybridized carbons (Fsp3) is 0.235. The molecule has 0 heterocycles. The zero-order valence-corrected chi connectivity index (χ0v) is 12.0. The van der Waals surface area contributed by atoms with Crippen molar-refractivity contribution in [2.24, 2.45) is 0 Å². The van der Waals surface area contributed by atoms with Gasteiger partial charge in [0.05, 0.1) is 0 Å². The van der Waals surface area contributed by atoms with Crippen LogP contribution in [0.3, 0.4) is 0 Å². The first-order chi connectivity index (χ1) is 9.52.